The van der Waals surface area contributed by atoms with E-state index in [1.54, 1.807) is 24.3 Å². The maximum atomic E-state index is 8.63. The van der Waals surface area contributed by atoms with Crippen molar-refractivity contribution < 1.29 is 5.11 Å². The van der Waals surface area contributed by atoms with Crippen LogP contribution >= 0.6 is 0 Å². The quantitative estimate of drug-likeness (QED) is 0.409. The average Bonchev–Trinajstić information content (AvgIpc) is 2.75. The Morgan fingerprint density at radius 2 is 0.852 bits per heavy atom. The highest BCUT2D eigenvalue weighted by atomic mass is 16.3. The molecule has 1 N–H and O–H groups in total. The molecule has 0 amide bonds. The molecule has 4 aromatic carbocycles. The molecular weight excluding hydrogens is 328 g/mol. The van der Waals surface area contributed by atoms with Gasteiger partial charge in [-0.1, -0.05) is 109 Å². The van der Waals surface area contributed by atoms with Gasteiger partial charge in [-0.05, 0) is 40.5 Å². The molecule has 0 bridgehead atoms. The molecule has 0 unspecified atom stereocenters. The number of rotatable bonds is 3. The minimum Gasteiger partial charge on any atom is -0.508 e. The van der Waals surface area contributed by atoms with Gasteiger partial charge in [-0.15, -0.1) is 0 Å². The Balaban J connectivity index is 0.000000253. The van der Waals surface area contributed by atoms with Gasteiger partial charge in [0.2, 0.25) is 0 Å². The minimum absolute atomic E-state index is 0.322. The van der Waals surface area contributed by atoms with Crippen LogP contribution in [-0.2, 0) is 0 Å². The lowest BCUT2D eigenvalue weighted by molar-refractivity contribution is 0.475. The molecule has 0 aliphatic rings. The molecule has 0 aromatic heterocycles. The molecule has 0 fully saturated rings. The third-order valence-corrected chi connectivity index (χ3v) is 4.04. The van der Waals surface area contributed by atoms with Crippen molar-refractivity contribution in [1.29, 1.82) is 0 Å². The summed E-state index contributed by atoms with van der Waals surface area (Å²) in [6, 6.07) is 40.2. The van der Waals surface area contributed by atoms with Crippen LogP contribution in [0.2, 0.25) is 0 Å². The van der Waals surface area contributed by atoms with Crippen LogP contribution in [0.25, 0.3) is 11.6 Å². The van der Waals surface area contributed by atoms with Gasteiger partial charge >= 0.3 is 0 Å². The molecule has 4 aromatic rings. The summed E-state index contributed by atoms with van der Waals surface area (Å²) in [4.78, 5) is 0. The van der Waals surface area contributed by atoms with Crippen LogP contribution in [0.15, 0.2) is 121 Å². The van der Waals surface area contributed by atoms with Crippen LogP contribution in [0.3, 0.4) is 0 Å². The number of benzene rings is 4. The van der Waals surface area contributed by atoms with E-state index in [1.807, 2.05) is 12.1 Å². The second-order valence-electron chi connectivity index (χ2n) is 6.04. The van der Waals surface area contributed by atoms with Crippen LogP contribution in [0.1, 0.15) is 16.7 Å². The number of hydrogen-bond donors (Lipinski definition) is 1. The Morgan fingerprint density at radius 1 is 0.481 bits per heavy atom. The van der Waals surface area contributed by atoms with Gasteiger partial charge in [0.05, 0.1) is 0 Å². The topological polar surface area (TPSA) is 20.2 Å². The summed E-state index contributed by atoms with van der Waals surface area (Å²) in [5, 5.41) is 8.63. The summed E-state index contributed by atoms with van der Waals surface area (Å²) in [7, 11) is 0. The number of phenolic OH excluding ortho intramolecular Hbond substituents is 1. The van der Waals surface area contributed by atoms with Gasteiger partial charge in [0.15, 0.2) is 0 Å². The zero-order chi connectivity index (χ0) is 18.7. The van der Waals surface area contributed by atoms with Crippen LogP contribution in [0.5, 0.6) is 5.75 Å². The van der Waals surface area contributed by atoms with E-state index >= 15 is 0 Å². The van der Waals surface area contributed by atoms with Gasteiger partial charge in [-0.3, -0.25) is 0 Å². The highest BCUT2D eigenvalue weighted by molar-refractivity contribution is 5.91. The second kappa shape index (κ2) is 9.79. The van der Waals surface area contributed by atoms with Crippen molar-refractivity contribution in [3.63, 3.8) is 0 Å². The first-order valence-electron chi connectivity index (χ1n) is 8.94. The van der Waals surface area contributed by atoms with Gasteiger partial charge in [0.1, 0.15) is 5.75 Å². The van der Waals surface area contributed by atoms with Crippen molar-refractivity contribution in [2.24, 2.45) is 0 Å². The summed E-state index contributed by atoms with van der Waals surface area (Å²) >= 11 is 0. The maximum Gasteiger partial charge on any atom is 0.115 e. The van der Waals surface area contributed by atoms with Gasteiger partial charge in [0, 0.05) is 0 Å². The standard InChI is InChI=1S/C20H16.C6H6O/c1-4-10-17(11-5-1)16-20(18-12-6-2-7-13-18)19-14-8-3-9-15-19;7-6-4-2-1-3-5-6/h1-16H;1-5,7H. The number of hydrogen-bond acceptors (Lipinski definition) is 1. The summed E-state index contributed by atoms with van der Waals surface area (Å²) in [6.07, 6.45) is 2.24. The lowest BCUT2D eigenvalue weighted by Gasteiger charge is -2.08. The van der Waals surface area contributed by atoms with Gasteiger partial charge in [0.25, 0.3) is 0 Å². The molecule has 4 rings (SSSR count). The SMILES string of the molecule is C(=C(c1ccccc1)c1ccccc1)c1ccccc1.Oc1ccccc1. The molecule has 0 aliphatic heterocycles. The lowest BCUT2D eigenvalue weighted by Crippen LogP contribution is -1.87. The minimum atomic E-state index is 0.322. The fourth-order valence-electron chi connectivity index (χ4n) is 2.71. The number of phenols is 1. The monoisotopic (exact) mass is 350 g/mol. The molecule has 1 heteroatoms. The summed E-state index contributed by atoms with van der Waals surface area (Å²) in [5.74, 6) is 0.322. The van der Waals surface area contributed by atoms with Gasteiger partial charge < -0.3 is 5.11 Å². The molecule has 132 valence electrons. The van der Waals surface area contributed by atoms with Crippen molar-refractivity contribution in [2.45, 2.75) is 0 Å². The zero-order valence-corrected chi connectivity index (χ0v) is 15.1. The molecule has 0 radical (unpaired) electrons. The van der Waals surface area contributed by atoms with Crippen LogP contribution in [0.4, 0.5) is 0 Å². The molecule has 0 spiro atoms. The second-order valence-corrected chi connectivity index (χ2v) is 6.04. The molecule has 0 atom stereocenters. The van der Waals surface area contributed by atoms with Crippen LogP contribution in [0, 0.1) is 0 Å². The molecule has 0 saturated carbocycles. The predicted molar refractivity (Wildman–Crippen MR) is 114 cm³/mol. The Bertz CT molecular complexity index is 902. The Hall–Kier alpha value is -3.58. The Morgan fingerprint density at radius 3 is 1.22 bits per heavy atom. The smallest absolute Gasteiger partial charge is 0.115 e. The van der Waals surface area contributed by atoms with Crippen molar-refractivity contribution in [3.8, 4) is 5.75 Å². The van der Waals surface area contributed by atoms with Crippen molar-refractivity contribution in [3.05, 3.63) is 138 Å². The fourth-order valence-corrected chi connectivity index (χ4v) is 2.71. The normalized spacial score (nSPS) is 9.63. The average molecular weight is 350 g/mol. The highest BCUT2D eigenvalue weighted by Crippen LogP contribution is 2.25. The highest BCUT2D eigenvalue weighted by Gasteiger charge is 2.04. The number of aromatic hydroxyl groups is 1. The van der Waals surface area contributed by atoms with E-state index in [0.29, 0.717) is 5.75 Å². The van der Waals surface area contributed by atoms with E-state index in [0.717, 1.165) is 0 Å². The van der Waals surface area contributed by atoms with E-state index in [4.69, 9.17) is 5.11 Å². The maximum absolute atomic E-state index is 8.63. The molecule has 27 heavy (non-hydrogen) atoms. The summed E-state index contributed by atoms with van der Waals surface area (Å²) in [5.41, 5.74) is 4.94. The van der Waals surface area contributed by atoms with E-state index in [-0.39, 0.29) is 0 Å². The fraction of sp³-hybridized carbons (Fsp3) is 0. The van der Waals surface area contributed by atoms with Gasteiger partial charge in [-0.2, -0.15) is 0 Å². The van der Waals surface area contributed by atoms with Gasteiger partial charge in [-0.25, -0.2) is 0 Å². The summed E-state index contributed by atoms with van der Waals surface area (Å²) < 4.78 is 0. The predicted octanol–water partition coefficient (Wildman–Crippen LogP) is 6.67. The molecule has 0 heterocycles. The van der Waals surface area contributed by atoms with Crippen molar-refractivity contribution >= 4 is 11.6 Å². The van der Waals surface area contributed by atoms with E-state index < -0.39 is 0 Å². The zero-order valence-electron chi connectivity index (χ0n) is 15.1. The van der Waals surface area contributed by atoms with Crippen molar-refractivity contribution in [2.75, 3.05) is 0 Å². The van der Waals surface area contributed by atoms with Crippen LogP contribution in [-0.4, -0.2) is 5.11 Å². The summed E-state index contributed by atoms with van der Waals surface area (Å²) in [6.45, 7) is 0. The third-order valence-electron chi connectivity index (χ3n) is 4.04. The molecule has 0 aliphatic carbocycles. The first-order chi connectivity index (χ1) is 13.3. The lowest BCUT2D eigenvalue weighted by atomic mass is 9.96. The van der Waals surface area contributed by atoms with E-state index in [2.05, 4.69) is 91.0 Å². The molecule has 1 nitrogen and oxygen atoms in total. The number of para-hydroxylation sites is 1. The van der Waals surface area contributed by atoms with Crippen LogP contribution < -0.4 is 0 Å². The van der Waals surface area contributed by atoms with E-state index in [1.165, 1.54) is 22.3 Å². The first kappa shape index (κ1) is 18.2. The molecule has 0 saturated heterocycles. The third kappa shape index (κ3) is 5.72. The largest absolute Gasteiger partial charge is 0.508 e. The van der Waals surface area contributed by atoms with E-state index in [9.17, 15) is 0 Å². The Kier molecular flexibility index (Phi) is 6.60. The molecular formula is C26H22O. The Labute approximate surface area is 160 Å². The first-order valence-corrected chi connectivity index (χ1v) is 8.94. The van der Waals surface area contributed by atoms with Crippen molar-refractivity contribution in [1.82, 2.24) is 0 Å².